The van der Waals surface area contributed by atoms with Gasteiger partial charge in [0.2, 0.25) is 0 Å². The summed E-state index contributed by atoms with van der Waals surface area (Å²) in [6, 6.07) is 5.70. The van der Waals surface area contributed by atoms with Gasteiger partial charge < -0.3 is 15.4 Å². The van der Waals surface area contributed by atoms with Gasteiger partial charge in [-0.25, -0.2) is 9.18 Å². The van der Waals surface area contributed by atoms with Crippen molar-refractivity contribution in [3.05, 3.63) is 51.7 Å². The highest BCUT2D eigenvalue weighted by molar-refractivity contribution is 7.16. The molecule has 0 bridgehead atoms. The van der Waals surface area contributed by atoms with Gasteiger partial charge in [-0.15, -0.1) is 11.3 Å². The minimum absolute atomic E-state index is 0.0126. The minimum Gasteiger partial charge on any atom is -0.463 e. The van der Waals surface area contributed by atoms with Crippen LogP contribution in [0, 0.1) is 17.1 Å². The van der Waals surface area contributed by atoms with Gasteiger partial charge in [-0.3, -0.25) is 4.79 Å². The number of hydrogen-bond donors (Lipinski definition) is 2. The van der Waals surface area contributed by atoms with E-state index in [-0.39, 0.29) is 22.7 Å². The van der Waals surface area contributed by atoms with Gasteiger partial charge in [-0.05, 0) is 62.4 Å². The fourth-order valence-electron chi connectivity index (χ4n) is 3.42. The third-order valence-corrected chi connectivity index (χ3v) is 6.21. The molecule has 0 radical (unpaired) electrons. The van der Waals surface area contributed by atoms with Crippen molar-refractivity contribution in [1.82, 2.24) is 5.32 Å². The topological polar surface area (TPSA) is 91.2 Å². The van der Waals surface area contributed by atoms with E-state index in [9.17, 15) is 32.4 Å². The number of carbonyl (C=O) groups excluding carboxylic acids is 2. The molecule has 1 aliphatic rings. The molecule has 0 spiro atoms. The van der Waals surface area contributed by atoms with E-state index in [1.54, 1.807) is 5.32 Å². The first kappa shape index (κ1) is 23.5. The van der Waals surface area contributed by atoms with Gasteiger partial charge in [0.25, 0.3) is 5.91 Å². The molecular weight excluding hydrogens is 450 g/mol. The molecule has 1 amide bonds. The average molecular weight is 469 g/mol. The standard InChI is InChI=1S/C21H19F4N3O3S/c1-2-31-19(30)20(21(23,24)25,27-17(29)12-7-9-13(22)10-8-12)28-18-15(11-26)14-5-3-4-6-16(14)32-18/h7-10,28H,2-6H2,1H3,(H,27,29). The van der Waals surface area contributed by atoms with Crippen LogP contribution >= 0.6 is 11.3 Å². The van der Waals surface area contributed by atoms with E-state index < -0.39 is 29.5 Å². The molecule has 2 N–H and O–H groups in total. The molecule has 170 valence electrons. The highest BCUT2D eigenvalue weighted by Crippen LogP contribution is 2.41. The summed E-state index contributed by atoms with van der Waals surface area (Å²) in [5.74, 6) is -3.74. The Balaban J connectivity index is 2.09. The molecular formula is C21H19F4N3O3S. The molecule has 1 aromatic heterocycles. The van der Waals surface area contributed by atoms with Crippen LogP contribution in [-0.4, -0.2) is 30.3 Å². The fourth-order valence-corrected chi connectivity index (χ4v) is 4.71. The van der Waals surface area contributed by atoms with Gasteiger partial charge in [0.15, 0.2) is 0 Å². The number of amides is 1. The van der Waals surface area contributed by atoms with Crippen molar-refractivity contribution >= 4 is 28.2 Å². The van der Waals surface area contributed by atoms with Gasteiger partial charge in [0, 0.05) is 10.4 Å². The Bertz CT molecular complexity index is 1060. The van der Waals surface area contributed by atoms with Crippen LogP contribution in [0.2, 0.25) is 0 Å². The molecule has 1 heterocycles. The number of halogens is 4. The zero-order valence-electron chi connectivity index (χ0n) is 16.9. The highest BCUT2D eigenvalue weighted by Gasteiger charge is 2.64. The summed E-state index contributed by atoms with van der Waals surface area (Å²) in [4.78, 5) is 26.0. The zero-order valence-corrected chi connectivity index (χ0v) is 17.8. The van der Waals surface area contributed by atoms with Crippen LogP contribution in [0.1, 0.15) is 46.1 Å². The second-order valence-corrected chi connectivity index (χ2v) is 8.19. The number of alkyl halides is 3. The molecule has 1 aromatic carbocycles. The predicted octanol–water partition coefficient (Wildman–Crippen LogP) is 4.30. The molecule has 2 aromatic rings. The van der Waals surface area contributed by atoms with Gasteiger partial charge in [-0.1, -0.05) is 0 Å². The van der Waals surface area contributed by atoms with Crippen molar-refractivity contribution in [2.45, 2.75) is 44.4 Å². The van der Waals surface area contributed by atoms with Crippen LogP contribution in [0.5, 0.6) is 0 Å². The van der Waals surface area contributed by atoms with Crippen LogP contribution in [0.25, 0.3) is 0 Å². The van der Waals surface area contributed by atoms with Crippen molar-refractivity contribution in [3.63, 3.8) is 0 Å². The number of carbonyl (C=O) groups is 2. The first-order chi connectivity index (χ1) is 15.1. The molecule has 0 fully saturated rings. The number of nitrogens with one attached hydrogen (secondary N) is 2. The second kappa shape index (κ2) is 9.16. The van der Waals surface area contributed by atoms with Gasteiger partial charge in [-0.2, -0.15) is 18.4 Å². The average Bonchev–Trinajstić information content (AvgIpc) is 3.09. The maximum Gasteiger partial charge on any atom is 0.441 e. The number of benzene rings is 1. The summed E-state index contributed by atoms with van der Waals surface area (Å²) in [5, 5.41) is 13.2. The number of nitrogens with zero attached hydrogens (tertiary/aromatic N) is 1. The number of hydrogen-bond acceptors (Lipinski definition) is 6. The van der Waals surface area contributed by atoms with Crippen LogP contribution in [0.4, 0.5) is 22.6 Å². The third-order valence-electron chi connectivity index (χ3n) is 5.00. The molecule has 3 rings (SSSR count). The Morgan fingerprint density at radius 2 is 1.84 bits per heavy atom. The van der Waals surface area contributed by atoms with E-state index in [0.29, 0.717) is 18.4 Å². The fraction of sp³-hybridized carbons (Fsp3) is 0.381. The largest absolute Gasteiger partial charge is 0.463 e. The Morgan fingerprint density at radius 1 is 1.19 bits per heavy atom. The van der Waals surface area contributed by atoms with E-state index in [2.05, 4.69) is 10.1 Å². The lowest BCUT2D eigenvalue weighted by molar-refractivity contribution is -0.204. The minimum atomic E-state index is -5.34. The van der Waals surface area contributed by atoms with Crippen LogP contribution in [-0.2, 0) is 22.4 Å². The summed E-state index contributed by atoms with van der Waals surface area (Å²) >= 11 is 0.948. The number of aryl methyl sites for hydroxylation is 1. The van der Waals surface area contributed by atoms with Crippen LogP contribution in [0.3, 0.4) is 0 Å². The van der Waals surface area contributed by atoms with Crippen LogP contribution < -0.4 is 10.6 Å². The van der Waals surface area contributed by atoms with Gasteiger partial charge in [0.1, 0.15) is 16.9 Å². The summed E-state index contributed by atoms with van der Waals surface area (Å²) in [5.41, 5.74) is -3.29. The number of rotatable bonds is 6. The molecule has 1 aliphatic carbocycles. The van der Waals surface area contributed by atoms with E-state index in [1.165, 1.54) is 6.92 Å². The van der Waals surface area contributed by atoms with Gasteiger partial charge >= 0.3 is 17.8 Å². The number of anilines is 1. The normalized spacial score (nSPS) is 15.1. The number of nitriles is 1. The van der Waals surface area contributed by atoms with E-state index in [4.69, 9.17) is 0 Å². The summed E-state index contributed by atoms with van der Waals surface area (Å²) < 4.78 is 61.0. The monoisotopic (exact) mass is 469 g/mol. The summed E-state index contributed by atoms with van der Waals surface area (Å²) in [6.45, 7) is 0.947. The predicted molar refractivity (Wildman–Crippen MR) is 109 cm³/mol. The lowest BCUT2D eigenvalue weighted by atomic mass is 9.96. The SMILES string of the molecule is CCOC(=O)C(NC(=O)c1ccc(F)cc1)(Nc1sc2c(c1C#N)CCCC2)C(F)(F)F. The molecule has 11 heteroatoms. The van der Waals surface area contributed by atoms with Crippen molar-refractivity contribution in [1.29, 1.82) is 5.26 Å². The van der Waals surface area contributed by atoms with E-state index in [0.717, 1.165) is 53.3 Å². The molecule has 32 heavy (non-hydrogen) atoms. The summed E-state index contributed by atoms with van der Waals surface area (Å²) in [7, 11) is 0. The maximum absolute atomic E-state index is 14.4. The lowest BCUT2D eigenvalue weighted by Gasteiger charge is -2.35. The molecule has 6 nitrogen and oxygen atoms in total. The van der Waals surface area contributed by atoms with Crippen molar-refractivity contribution in [2.24, 2.45) is 0 Å². The Morgan fingerprint density at radius 3 is 2.44 bits per heavy atom. The molecule has 0 aliphatic heterocycles. The first-order valence-corrected chi connectivity index (χ1v) is 10.6. The van der Waals surface area contributed by atoms with Crippen molar-refractivity contribution < 1.29 is 31.9 Å². The van der Waals surface area contributed by atoms with Gasteiger partial charge in [0.05, 0.1) is 12.2 Å². The van der Waals surface area contributed by atoms with E-state index >= 15 is 0 Å². The van der Waals surface area contributed by atoms with Crippen molar-refractivity contribution in [2.75, 3.05) is 11.9 Å². The maximum atomic E-state index is 14.4. The molecule has 0 saturated carbocycles. The third kappa shape index (κ3) is 4.41. The van der Waals surface area contributed by atoms with E-state index in [1.807, 2.05) is 6.07 Å². The van der Waals surface area contributed by atoms with Crippen molar-refractivity contribution in [3.8, 4) is 6.07 Å². The second-order valence-electron chi connectivity index (χ2n) is 7.08. The summed E-state index contributed by atoms with van der Waals surface area (Å²) in [6.07, 6.45) is -2.57. The molecule has 1 unspecified atom stereocenters. The Labute approximate surface area is 185 Å². The molecule has 1 atom stereocenters. The Hall–Kier alpha value is -3.13. The smallest absolute Gasteiger partial charge is 0.441 e. The lowest BCUT2D eigenvalue weighted by Crippen LogP contribution is -2.69. The van der Waals surface area contributed by atoms with Crippen LogP contribution in [0.15, 0.2) is 24.3 Å². The highest BCUT2D eigenvalue weighted by atomic mass is 32.1. The molecule has 0 saturated heterocycles. The zero-order chi connectivity index (χ0) is 23.5. The number of ether oxygens (including phenoxy) is 1. The Kier molecular flexibility index (Phi) is 6.74. The number of fused-ring (bicyclic) bond motifs is 1. The number of esters is 1. The quantitative estimate of drug-likeness (QED) is 0.374. The first-order valence-electron chi connectivity index (χ1n) is 9.77. The number of thiophene rings is 1.